The van der Waals surface area contributed by atoms with Gasteiger partial charge in [0.15, 0.2) is 12.4 Å². The second kappa shape index (κ2) is 6.49. The molecule has 2 aromatic carbocycles. The number of aryl methyl sites for hydroxylation is 2. The molecule has 0 saturated carbocycles. The maximum atomic E-state index is 12.1. The molecule has 3 aromatic rings. The highest BCUT2D eigenvalue weighted by molar-refractivity contribution is 6.31. The fourth-order valence-electron chi connectivity index (χ4n) is 2.52. The van der Waals surface area contributed by atoms with Gasteiger partial charge in [0, 0.05) is 16.5 Å². The number of halogens is 1. The van der Waals surface area contributed by atoms with Crippen molar-refractivity contribution in [3.05, 3.63) is 74.6 Å². The number of ether oxygens (including phenoxy) is 1. The molecule has 0 spiro atoms. The summed E-state index contributed by atoms with van der Waals surface area (Å²) in [5.74, 6) is 0.375. The van der Waals surface area contributed by atoms with E-state index >= 15 is 0 Å². The number of fused-ring (bicyclic) bond motifs is 1. The molecule has 0 radical (unpaired) electrons. The van der Waals surface area contributed by atoms with Gasteiger partial charge in [-0.3, -0.25) is 4.79 Å². The number of hydrogen-bond acceptors (Lipinski definition) is 4. The Kier molecular flexibility index (Phi) is 4.40. The van der Waals surface area contributed by atoms with Crippen LogP contribution in [0.15, 0.2) is 51.7 Å². The third-order valence-corrected chi connectivity index (χ3v) is 4.36. The number of carbonyl (C=O) groups excluding carboxylic acids is 1. The molecule has 0 atom stereocenters. The Morgan fingerprint density at radius 2 is 1.79 bits per heavy atom. The van der Waals surface area contributed by atoms with E-state index in [1.807, 2.05) is 6.07 Å². The topological polar surface area (TPSA) is 56.5 Å². The number of carbonyl (C=O) groups is 1. The lowest BCUT2D eigenvalue weighted by Crippen LogP contribution is -2.12. The largest absolute Gasteiger partial charge is 0.485 e. The van der Waals surface area contributed by atoms with Crippen molar-refractivity contribution in [1.82, 2.24) is 0 Å². The van der Waals surface area contributed by atoms with Gasteiger partial charge in [-0.25, -0.2) is 4.79 Å². The van der Waals surface area contributed by atoms with Gasteiger partial charge in [-0.2, -0.15) is 0 Å². The quantitative estimate of drug-likeness (QED) is 0.523. The molecule has 1 heterocycles. The molecular weight excluding hydrogens is 328 g/mol. The summed E-state index contributed by atoms with van der Waals surface area (Å²) in [6.45, 7) is 3.45. The lowest BCUT2D eigenvalue weighted by Gasteiger charge is -2.11. The first-order valence-corrected chi connectivity index (χ1v) is 7.80. The van der Waals surface area contributed by atoms with Gasteiger partial charge in [0.2, 0.25) is 0 Å². The van der Waals surface area contributed by atoms with Crippen molar-refractivity contribution in [2.45, 2.75) is 13.8 Å². The van der Waals surface area contributed by atoms with E-state index in [-0.39, 0.29) is 17.4 Å². The maximum Gasteiger partial charge on any atom is 0.355 e. The van der Waals surface area contributed by atoms with Crippen molar-refractivity contribution in [2.75, 3.05) is 6.61 Å². The highest BCUT2D eigenvalue weighted by Gasteiger charge is 2.15. The Morgan fingerprint density at radius 1 is 1.08 bits per heavy atom. The van der Waals surface area contributed by atoms with E-state index in [2.05, 4.69) is 0 Å². The minimum absolute atomic E-state index is 0.0785. The Morgan fingerprint density at radius 3 is 2.50 bits per heavy atom. The van der Waals surface area contributed by atoms with Gasteiger partial charge in [0.1, 0.15) is 16.4 Å². The zero-order valence-corrected chi connectivity index (χ0v) is 14.0. The molecule has 0 aliphatic heterocycles. The highest BCUT2D eigenvalue weighted by Crippen LogP contribution is 2.30. The molecule has 0 saturated heterocycles. The van der Waals surface area contributed by atoms with Gasteiger partial charge >= 0.3 is 5.63 Å². The zero-order valence-electron chi connectivity index (χ0n) is 13.3. The highest BCUT2D eigenvalue weighted by atomic mass is 35.5. The van der Waals surface area contributed by atoms with Crippen LogP contribution in [0.2, 0.25) is 5.02 Å². The third-order valence-electron chi connectivity index (χ3n) is 3.92. The summed E-state index contributed by atoms with van der Waals surface area (Å²) < 4.78 is 10.9. The summed E-state index contributed by atoms with van der Waals surface area (Å²) in [7, 11) is 0. The molecule has 0 bridgehead atoms. The smallest absolute Gasteiger partial charge is 0.355 e. The van der Waals surface area contributed by atoms with E-state index in [0.717, 1.165) is 5.39 Å². The van der Waals surface area contributed by atoms with Crippen molar-refractivity contribution in [1.29, 1.82) is 0 Å². The minimum Gasteiger partial charge on any atom is -0.485 e. The number of ketones is 1. The van der Waals surface area contributed by atoms with Crippen LogP contribution in [0.5, 0.6) is 5.75 Å². The Hall–Kier alpha value is -2.59. The molecule has 0 aliphatic rings. The van der Waals surface area contributed by atoms with E-state index in [9.17, 15) is 9.59 Å². The van der Waals surface area contributed by atoms with Gasteiger partial charge < -0.3 is 9.15 Å². The van der Waals surface area contributed by atoms with E-state index in [1.54, 1.807) is 50.2 Å². The summed E-state index contributed by atoms with van der Waals surface area (Å²) in [5, 5.41) is 0.827. The van der Waals surface area contributed by atoms with Gasteiger partial charge in [-0.15, -0.1) is 0 Å². The Bertz CT molecular complexity index is 974. The SMILES string of the molecule is Cc1c(Cl)c(=O)oc2c(C)c(OCC(=O)c3ccccc3)ccc12. The van der Waals surface area contributed by atoms with Crippen molar-refractivity contribution >= 4 is 28.4 Å². The van der Waals surface area contributed by atoms with E-state index < -0.39 is 5.63 Å². The molecule has 4 nitrogen and oxygen atoms in total. The number of Topliss-reactive ketones (excluding diaryl/α,β-unsaturated/α-hetero) is 1. The standard InChI is InChI=1S/C19H15ClO4/c1-11-14-8-9-16(12(2)18(14)24-19(22)17(11)20)23-10-15(21)13-6-4-3-5-7-13/h3-9H,10H2,1-2H3. The Labute approximate surface area is 143 Å². The zero-order chi connectivity index (χ0) is 17.3. The summed E-state index contributed by atoms with van der Waals surface area (Å²) in [6.07, 6.45) is 0. The third kappa shape index (κ3) is 2.93. The monoisotopic (exact) mass is 342 g/mol. The van der Waals surface area contributed by atoms with Crippen LogP contribution in [0.3, 0.4) is 0 Å². The van der Waals surface area contributed by atoms with Crippen LogP contribution in [0, 0.1) is 13.8 Å². The van der Waals surface area contributed by atoms with Crippen LogP contribution in [0.4, 0.5) is 0 Å². The second-order valence-electron chi connectivity index (χ2n) is 5.47. The summed E-state index contributed by atoms with van der Waals surface area (Å²) in [6, 6.07) is 12.5. The first-order chi connectivity index (χ1) is 11.5. The van der Waals surface area contributed by atoms with Crippen LogP contribution >= 0.6 is 11.6 Å². The molecule has 3 rings (SSSR count). The van der Waals surface area contributed by atoms with Crippen LogP contribution in [0.1, 0.15) is 21.5 Å². The number of hydrogen-bond donors (Lipinski definition) is 0. The molecule has 0 fully saturated rings. The fourth-order valence-corrected chi connectivity index (χ4v) is 2.66. The Balaban J connectivity index is 1.91. The van der Waals surface area contributed by atoms with Crippen LogP contribution in [-0.4, -0.2) is 12.4 Å². The van der Waals surface area contributed by atoms with Crippen molar-refractivity contribution in [2.24, 2.45) is 0 Å². The molecule has 0 amide bonds. The first-order valence-electron chi connectivity index (χ1n) is 7.42. The normalized spacial score (nSPS) is 10.8. The summed E-state index contributed by atoms with van der Waals surface area (Å²) in [4.78, 5) is 23.9. The van der Waals surface area contributed by atoms with Gasteiger partial charge in [0.05, 0.1) is 0 Å². The fraction of sp³-hybridized carbons (Fsp3) is 0.158. The average Bonchev–Trinajstić information content (AvgIpc) is 2.60. The minimum atomic E-state index is -0.581. The molecule has 0 unspecified atom stereocenters. The lowest BCUT2D eigenvalue weighted by molar-refractivity contribution is 0.0921. The van der Waals surface area contributed by atoms with E-state index in [4.69, 9.17) is 20.8 Å². The molecular formula is C19H15ClO4. The number of rotatable bonds is 4. The van der Waals surface area contributed by atoms with Crippen LogP contribution < -0.4 is 10.4 Å². The maximum absolute atomic E-state index is 12.1. The summed E-state index contributed by atoms with van der Waals surface area (Å²) >= 11 is 5.94. The van der Waals surface area contributed by atoms with Crippen molar-refractivity contribution in [3.8, 4) is 5.75 Å². The van der Waals surface area contributed by atoms with Gasteiger partial charge in [-0.1, -0.05) is 41.9 Å². The predicted octanol–water partition coefficient (Wildman–Crippen LogP) is 4.32. The predicted molar refractivity (Wildman–Crippen MR) is 93.2 cm³/mol. The first kappa shape index (κ1) is 16.3. The van der Waals surface area contributed by atoms with Gasteiger partial charge in [0.25, 0.3) is 0 Å². The van der Waals surface area contributed by atoms with Crippen molar-refractivity contribution < 1.29 is 13.9 Å². The number of benzene rings is 2. The van der Waals surface area contributed by atoms with Crippen LogP contribution in [0.25, 0.3) is 11.0 Å². The molecule has 0 aliphatic carbocycles. The summed E-state index contributed by atoms with van der Waals surface area (Å²) in [5.41, 5.74) is 1.75. The molecule has 0 N–H and O–H groups in total. The molecule has 122 valence electrons. The average molecular weight is 343 g/mol. The molecule has 1 aromatic heterocycles. The van der Waals surface area contributed by atoms with E-state index in [0.29, 0.717) is 28.0 Å². The van der Waals surface area contributed by atoms with Crippen molar-refractivity contribution in [3.63, 3.8) is 0 Å². The van der Waals surface area contributed by atoms with Crippen LogP contribution in [-0.2, 0) is 0 Å². The molecule has 24 heavy (non-hydrogen) atoms. The second-order valence-corrected chi connectivity index (χ2v) is 5.85. The lowest BCUT2D eigenvalue weighted by atomic mass is 10.1. The van der Waals surface area contributed by atoms with Gasteiger partial charge in [-0.05, 0) is 31.5 Å². The van der Waals surface area contributed by atoms with E-state index in [1.165, 1.54) is 0 Å². The molecule has 5 heteroatoms.